The minimum Gasteiger partial charge on any atom is -0.460 e. The van der Waals surface area contributed by atoms with Crippen LogP contribution in [-0.4, -0.2) is 55.9 Å². The van der Waals surface area contributed by atoms with Crippen LogP contribution >= 0.6 is 0 Å². The fourth-order valence-corrected chi connectivity index (χ4v) is 1.32. The molecular formula is C10H22N2O8. The number of ether oxygens (including phenoxy) is 1. The molecule has 0 saturated carbocycles. The molecular weight excluding hydrogens is 276 g/mol. The van der Waals surface area contributed by atoms with E-state index in [2.05, 4.69) is 9.68 Å². The Morgan fingerprint density at radius 2 is 1.75 bits per heavy atom. The smallest absolute Gasteiger partial charge is 0.306 e. The van der Waals surface area contributed by atoms with Crippen LogP contribution in [0.2, 0.25) is 0 Å². The first-order valence-electron chi connectivity index (χ1n) is 5.97. The molecule has 4 N–H and O–H groups in total. The Morgan fingerprint density at radius 3 is 2.20 bits per heavy atom. The summed E-state index contributed by atoms with van der Waals surface area (Å²) in [7, 11) is 0. The molecule has 0 rings (SSSR count). The Balaban J connectivity index is 4.03. The molecule has 0 fully saturated rings. The highest BCUT2D eigenvalue weighted by atomic mass is 17.1. The van der Waals surface area contributed by atoms with Gasteiger partial charge in [-0.3, -0.25) is 25.6 Å². The highest BCUT2D eigenvalue weighted by Crippen LogP contribution is 2.12. The molecule has 0 aromatic rings. The van der Waals surface area contributed by atoms with E-state index in [1.54, 1.807) is 20.8 Å². The Labute approximate surface area is 116 Å². The fourth-order valence-electron chi connectivity index (χ4n) is 1.32. The third kappa shape index (κ3) is 12.2. The molecule has 10 nitrogen and oxygen atoms in total. The predicted octanol–water partition coefficient (Wildman–Crippen LogP) is 0.891. The van der Waals surface area contributed by atoms with Gasteiger partial charge in [0.15, 0.2) is 0 Å². The Bertz CT molecular complexity index is 279. The molecule has 0 saturated heterocycles. The molecule has 0 bridgehead atoms. The number of hydrogen-bond acceptors (Lipinski definition) is 10. The molecule has 0 aliphatic heterocycles. The molecule has 0 amide bonds. The van der Waals surface area contributed by atoms with Crippen LogP contribution in [0.1, 0.15) is 40.0 Å². The standard InChI is InChI=1S/C10H22N2O8/c1-10(2,3)19-9(13)6-4-5-8(20-12(16)17)7-18-11(14)15/h8,14-17H,4-7H2,1-3H3/t8-/m1/s1. The largest absolute Gasteiger partial charge is 0.460 e. The first kappa shape index (κ1) is 19.1. The maximum absolute atomic E-state index is 11.4. The quantitative estimate of drug-likeness (QED) is 0.359. The zero-order chi connectivity index (χ0) is 15.8. The van der Waals surface area contributed by atoms with Gasteiger partial charge in [0.2, 0.25) is 0 Å². The van der Waals surface area contributed by atoms with E-state index in [-0.39, 0.29) is 19.4 Å². The van der Waals surface area contributed by atoms with E-state index in [1.165, 1.54) is 0 Å². The molecule has 0 spiro atoms. The lowest BCUT2D eigenvalue weighted by molar-refractivity contribution is -0.527. The van der Waals surface area contributed by atoms with Crippen LogP contribution in [0.15, 0.2) is 0 Å². The number of carbonyl (C=O) groups excluding carboxylic acids is 1. The zero-order valence-electron chi connectivity index (χ0n) is 11.7. The van der Waals surface area contributed by atoms with Gasteiger partial charge in [0.1, 0.15) is 18.3 Å². The number of carbonyl (C=O) groups is 1. The second-order valence-corrected chi connectivity index (χ2v) is 5.01. The summed E-state index contributed by atoms with van der Waals surface area (Å²) in [5, 5.41) is 32.8. The van der Waals surface area contributed by atoms with Crippen LogP contribution in [-0.2, 0) is 19.2 Å². The van der Waals surface area contributed by atoms with Gasteiger partial charge in [-0.25, -0.2) is 9.68 Å². The normalized spacial score (nSPS) is 13.8. The van der Waals surface area contributed by atoms with Gasteiger partial charge >= 0.3 is 5.97 Å². The second-order valence-electron chi connectivity index (χ2n) is 5.01. The van der Waals surface area contributed by atoms with Crippen LogP contribution in [0, 0.1) is 0 Å². The first-order valence-corrected chi connectivity index (χ1v) is 5.97. The Morgan fingerprint density at radius 1 is 1.15 bits per heavy atom. The summed E-state index contributed by atoms with van der Waals surface area (Å²) >= 11 is 0. The summed E-state index contributed by atoms with van der Waals surface area (Å²) < 4.78 is 5.09. The van der Waals surface area contributed by atoms with Crippen molar-refractivity contribution in [3.8, 4) is 0 Å². The van der Waals surface area contributed by atoms with Gasteiger partial charge in [0.25, 0.3) is 0 Å². The summed E-state index contributed by atoms with van der Waals surface area (Å²) in [6, 6.07) is 0. The summed E-state index contributed by atoms with van der Waals surface area (Å²) in [6.07, 6.45) is -0.261. The molecule has 0 aromatic heterocycles. The zero-order valence-corrected chi connectivity index (χ0v) is 11.7. The van der Waals surface area contributed by atoms with Crippen LogP contribution in [0.25, 0.3) is 0 Å². The molecule has 20 heavy (non-hydrogen) atoms. The molecule has 120 valence electrons. The van der Waals surface area contributed by atoms with Crippen molar-refractivity contribution >= 4 is 5.97 Å². The lowest BCUT2D eigenvalue weighted by Gasteiger charge is -2.21. The highest BCUT2D eigenvalue weighted by molar-refractivity contribution is 5.69. The maximum Gasteiger partial charge on any atom is 0.306 e. The lowest BCUT2D eigenvalue weighted by Crippen LogP contribution is -2.31. The van der Waals surface area contributed by atoms with Gasteiger partial charge in [-0.1, -0.05) is 0 Å². The van der Waals surface area contributed by atoms with E-state index < -0.39 is 28.5 Å². The Kier molecular flexibility index (Phi) is 8.76. The van der Waals surface area contributed by atoms with Crippen LogP contribution in [0.3, 0.4) is 0 Å². The van der Waals surface area contributed by atoms with E-state index in [1.807, 2.05) is 0 Å². The van der Waals surface area contributed by atoms with Gasteiger partial charge < -0.3 is 4.74 Å². The van der Waals surface area contributed by atoms with Crippen molar-refractivity contribution < 1.29 is 40.0 Å². The third-order valence-electron chi connectivity index (χ3n) is 1.95. The van der Waals surface area contributed by atoms with Crippen molar-refractivity contribution in [3.63, 3.8) is 0 Å². The maximum atomic E-state index is 11.4. The van der Waals surface area contributed by atoms with Gasteiger partial charge in [-0.05, 0) is 33.6 Å². The second kappa shape index (κ2) is 9.15. The van der Waals surface area contributed by atoms with E-state index in [9.17, 15) is 4.79 Å². The van der Waals surface area contributed by atoms with E-state index in [4.69, 9.17) is 25.6 Å². The van der Waals surface area contributed by atoms with Gasteiger partial charge in [0, 0.05) is 6.42 Å². The minimum atomic E-state index is -0.894. The van der Waals surface area contributed by atoms with Gasteiger partial charge in [-0.15, -0.1) is 0 Å². The average Bonchev–Trinajstić information content (AvgIpc) is 2.22. The monoisotopic (exact) mass is 298 g/mol. The molecule has 0 aromatic carbocycles. The van der Waals surface area contributed by atoms with Crippen molar-refractivity contribution in [2.45, 2.75) is 51.7 Å². The molecule has 0 aliphatic rings. The SMILES string of the molecule is CC(C)(C)OC(=O)CCC[C@H](CON(O)O)ON(O)O. The van der Waals surface area contributed by atoms with Crippen LogP contribution in [0.4, 0.5) is 0 Å². The number of esters is 1. The number of hydrogen-bond donors (Lipinski definition) is 4. The molecule has 1 atom stereocenters. The molecule has 0 radical (unpaired) electrons. The Hall–Kier alpha value is -0.850. The summed E-state index contributed by atoms with van der Waals surface area (Å²) in [4.78, 5) is 20.2. The van der Waals surface area contributed by atoms with E-state index in [0.29, 0.717) is 6.42 Å². The van der Waals surface area contributed by atoms with Crippen molar-refractivity contribution in [2.75, 3.05) is 6.61 Å². The van der Waals surface area contributed by atoms with Crippen molar-refractivity contribution in [3.05, 3.63) is 0 Å². The van der Waals surface area contributed by atoms with Crippen LogP contribution < -0.4 is 0 Å². The predicted molar refractivity (Wildman–Crippen MR) is 61.3 cm³/mol. The topological polar surface area (TPSA) is 132 Å². The summed E-state index contributed by atoms with van der Waals surface area (Å²) in [6.45, 7) is 4.88. The van der Waals surface area contributed by atoms with Crippen LogP contribution in [0.5, 0.6) is 0 Å². The fraction of sp³-hybridized carbons (Fsp3) is 0.900. The van der Waals surface area contributed by atoms with Crippen molar-refractivity contribution in [2.24, 2.45) is 0 Å². The van der Waals surface area contributed by atoms with Gasteiger partial charge in [-0.2, -0.15) is 0 Å². The number of nitrogens with zero attached hydrogens (tertiary/aromatic N) is 2. The average molecular weight is 298 g/mol. The van der Waals surface area contributed by atoms with E-state index in [0.717, 1.165) is 0 Å². The third-order valence-corrected chi connectivity index (χ3v) is 1.95. The molecule has 0 heterocycles. The van der Waals surface area contributed by atoms with E-state index >= 15 is 0 Å². The number of rotatable bonds is 9. The van der Waals surface area contributed by atoms with Crippen molar-refractivity contribution in [1.29, 1.82) is 0 Å². The molecule has 0 unspecified atom stereocenters. The molecule has 0 aliphatic carbocycles. The lowest BCUT2D eigenvalue weighted by atomic mass is 10.1. The summed E-state index contributed by atoms with van der Waals surface area (Å²) in [5.74, 6) is -0.395. The minimum absolute atomic E-state index is 0.107. The summed E-state index contributed by atoms with van der Waals surface area (Å²) in [5.41, 5.74) is -0.572. The van der Waals surface area contributed by atoms with Gasteiger partial charge in [0.05, 0.1) is 10.8 Å². The molecule has 10 heteroatoms. The highest BCUT2D eigenvalue weighted by Gasteiger charge is 2.18. The van der Waals surface area contributed by atoms with Crippen molar-refractivity contribution in [1.82, 2.24) is 10.8 Å². The first-order chi connectivity index (χ1) is 9.10.